The van der Waals surface area contributed by atoms with Gasteiger partial charge in [-0.25, -0.2) is 0 Å². The minimum atomic E-state index is -0.461. The second kappa shape index (κ2) is 4.69. The zero-order valence-electron chi connectivity index (χ0n) is 10.6. The third kappa shape index (κ3) is 1.84. The minimum absolute atomic E-state index is 0.461. The molecule has 2 aromatic carbocycles. The van der Waals surface area contributed by atoms with Crippen LogP contribution in [0.25, 0.3) is 0 Å². The van der Waals surface area contributed by atoms with Crippen LogP contribution in [0.4, 0.5) is 0 Å². The standard InChI is InChI=1S/C18H15N/c19-17-13-7-8-14-18(17,15-9-3-1-4-10-15)16-11-5-2-6-12-16/h1-14,19H. The van der Waals surface area contributed by atoms with Crippen LogP contribution < -0.4 is 0 Å². The summed E-state index contributed by atoms with van der Waals surface area (Å²) in [5.41, 5.74) is 2.41. The molecular formula is C18H15N. The Hall–Kier alpha value is -2.41. The zero-order valence-corrected chi connectivity index (χ0v) is 10.6. The van der Waals surface area contributed by atoms with Gasteiger partial charge in [0, 0.05) is 0 Å². The smallest absolute Gasteiger partial charge is 0.0800 e. The summed E-state index contributed by atoms with van der Waals surface area (Å²) in [6.45, 7) is 0. The van der Waals surface area contributed by atoms with E-state index in [0.717, 1.165) is 11.1 Å². The van der Waals surface area contributed by atoms with E-state index in [1.165, 1.54) is 0 Å². The van der Waals surface area contributed by atoms with Crippen molar-refractivity contribution in [2.45, 2.75) is 5.41 Å². The molecule has 1 aliphatic carbocycles. The van der Waals surface area contributed by atoms with Crippen LogP contribution in [0, 0.1) is 5.41 Å². The SMILES string of the molecule is N=C1C=CC=CC1(c1ccccc1)c1ccccc1. The van der Waals surface area contributed by atoms with Crippen LogP contribution in [0.5, 0.6) is 0 Å². The lowest BCUT2D eigenvalue weighted by Gasteiger charge is -2.33. The molecule has 1 aliphatic rings. The fourth-order valence-electron chi connectivity index (χ4n) is 2.65. The molecular weight excluding hydrogens is 230 g/mol. The first-order valence-electron chi connectivity index (χ1n) is 6.40. The van der Waals surface area contributed by atoms with Crippen molar-refractivity contribution in [2.24, 2.45) is 0 Å². The molecule has 0 amide bonds. The Balaban J connectivity index is 2.26. The van der Waals surface area contributed by atoms with Crippen LogP contribution >= 0.6 is 0 Å². The molecule has 0 spiro atoms. The predicted molar refractivity (Wildman–Crippen MR) is 79.7 cm³/mol. The molecule has 0 aliphatic heterocycles. The molecule has 0 heterocycles. The second-order valence-corrected chi connectivity index (χ2v) is 4.67. The lowest BCUT2D eigenvalue weighted by Crippen LogP contribution is -2.34. The maximum Gasteiger partial charge on any atom is 0.0800 e. The van der Waals surface area contributed by atoms with Gasteiger partial charge in [-0.15, -0.1) is 0 Å². The lowest BCUT2D eigenvalue weighted by molar-refractivity contribution is 0.859. The number of allylic oxidation sites excluding steroid dienone is 4. The molecule has 0 fully saturated rings. The quantitative estimate of drug-likeness (QED) is 0.823. The summed E-state index contributed by atoms with van der Waals surface area (Å²) >= 11 is 0. The maximum atomic E-state index is 8.43. The van der Waals surface area contributed by atoms with Gasteiger partial charge in [0.15, 0.2) is 0 Å². The number of benzene rings is 2. The molecule has 1 heteroatoms. The van der Waals surface area contributed by atoms with Gasteiger partial charge in [-0.1, -0.05) is 78.9 Å². The molecule has 0 saturated carbocycles. The largest absolute Gasteiger partial charge is 0.304 e. The highest BCUT2D eigenvalue weighted by Crippen LogP contribution is 2.37. The molecule has 2 aromatic rings. The van der Waals surface area contributed by atoms with Gasteiger partial charge >= 0.3 is 0 Å². The van der Waals surface area contributed by atoms with E-state index in [9.17, 15) is 0 Å². The van der Waals surface area contributed by atoms with Crippen molar-refractivity contribution >= 4 is 5.71 Å². The van der Waals surface area contributed by atoms with Crippen LogP contribution in [-0.2, 0) is 5.41 Å². The monoisotopic (exact) mass is 245 g/mol. The van der Waals surface area contributed by atoms with Gasteiger partial charge in [-0.3, -0.25) is 0 Å². The highest BCUT2D eigenvalue weighted by molar-refractivity contribution is 6.06. The molecule has 0 saturated heterocycles. The van der Waals surface area contributed by atoms with Crippen molar-refractivity contribution in [2.75, 3.05) is 0 Å². The summed E-state index contributed by atoms with van der Waals surface area (Å²) < 4.78 is 0. The van der Waals surface area contributed by atoms with Crippen LogP contribution in [0.2, 0.25) is 0 Å². The molecule has 1 nitrogen and oxygen atoms in total. The molecule has 0 atom stereocenters. The minimum Gasteiger partial charge on any atom is -0.304 e. The van der Waals surface area contributed by atoms with Crippen molar-refractivity contribution in [1.29, 1.82) is 5.41 Å². The van der Waals surface area contributed by atoms with E-state index >= 15 is 0 Å². The number of hydrogen-bond acceptors (Lipinski definition) is 1. The zero-order chi connectivity index (χ0) is 13.1. The van der Waals surface area contributed by atoms with Gasteiger partial charge in [-0.05, 0) is 17.2 Å². The van der Waals surface area contributed by atoms with E-state index in [2.05, 4.69) is 30.3 Å². The third-order valence-electron chi connectivity index (χ3n) is 3.60. The van der Waals surface area contributed by atoms with E-state index in [-0.39, 0.29) is 0 Å². The third-order valence-corrected chi connectivity index (χ3v) is 3.60. The summed E-state index contributed by atoms with van der Waals surface area (Å²) in [5, 5.41) is 8.43. The van der Waals surface area contributed by atoms with E-state index in [4.69, 9.17) is 5.41 Å². The topological polar surface area (TPSA) is 23.9 Å². The summed E-state index contributed by atoms with van der Waals surface area (Å²) in [6, 6.07) is 20.5. The molecule has 0 radical (unpaired) electrons. The fourth-order valence-corrected chi connectivity index (χ4v) is 2.65. The van der Waals surface area contributed by atoms with Gasteiger partial charge in [0.2, 0.25) is 0 Å². The summed E-state index contributed by atoms with van der Waals surface area (Å²) in [5.74, 6) is 0. The lowest BCUT2D eigenvalue weighted by atomic mass is 9.69. The highest BCUT2D eigenvalue weighted by atomic mass is 14.5. The summed E-state index contributed by atoms with van der Waals surface area (Å²) in [6.07, 6.45) is 7.94. The average molecular weight is 245 g/mol. The molecule has 0 bridgehead atoms. The van der Waals surface area contributed by atoms with Crippen molar-refractivity contribution in [3.8, 4) is 0 Å². The van der Waals surface area contributed by atoms with Crippen LogP contribution in [-0.4, -0.2) is 5.71 Å². The molecule has 92 valence electrons. The van der Waals surface area contributed by atoms with Crippen molar-refractivity contribution in [3.63, 3.8) is 0 Å². The first kappa shape index (κ1) is 11.7. The van der Waals surface area contributed by atoms with Crippen LogP contribution in [0.1, 0.15) is 11.1 Å². The molecule has 3 rings (SSSR count). The van der Waals surface area contributed by atoms with E-state index < -0.39 is 5.41 Å². The molecule has 0 aromatic heterocycles. The molecule has 0 unspecified atom stereocenters. The number of nitrogens with one attached hydrogen (secondary N) is 1. The average Bonchev–Trinajstić information content (AvgIpc) is 2.50. The van der Waals surface area contributed by atoms with Crippen molar-refractivity contribution < 1.29 is 0 Å². The number of hydrogen-bond donors (Lipinski definition) is 1. The molecule has 1 N–H and O–H groups in total. The Morgan fingerprint density at radius 2 is 1.21 bits per heavy atom. The van der Waals surface area contributed by atoms with Crippen molar-refractivity contribution in [1.82, 2.24) is 0 Å². The maximum absolute atomic E-state index is 8.43. The van der Waals surface area contributed by atoms with Gasteiger partial charge in [0.25, 0.3) is 0 Å². The fraction of sp³-hybridized carbons (Fsp3) is 0.0556. The van der Waals surface area contributed by atoms with E-state index in [1.54, 1.807) is 0 Å². The summed E-state index contributed by atoms with van der Waals surface area (Å²) in [7, 11) is 0. The second-order valence-electron chi connectivity index (χ2n) is 4.67. The van der Waals surface area contributed by atoms with E-state index in [1.807, 2.05) is 54.6 Å². The van der Waals surface area contributed by atoms with Crippen LogP contribution in [0.3, 0.4) is 0 Å². The Bertz CT molecular complexity index is 596. The van der Waals surface area contributed by atoms with Gasteiger partial charge < -0.3 is 5.41 Å². The van der Waals surface area contributed by atoms with Crippen molar-refractivity contribution in [3.05, 3.63) is 96.1 Å². The highest BCUT2D eigenvalue weighted by Gasteiger charge is 2.35. The van der Waals surface area contributed by atoms with Gasteiger partial charge in [-0.2, -0.15) is 0 Å². The summed E-state index contributed by atoms with van der Waals surface area (Å²) in [4.78, 5) is 0. The first-order chi connectivity index (χ1) is 9.34. The van der Waals surface area contributed by atoms with Gasteiger partial charge in [0.1, 0.15) is 0 Å². The normalized spacial score (nSPS) is 16.5. The van der Waals surface area contributed by atoms with Gasteiger partial charge in [0.05, 0.1) is 11.1 Å². The molecule has 19 heavy (non-hydrogen) atoms. The Morgan fingerprint density at radius 3 is 1.68 bits per heavy atom. The first-order valence-corrected chi connectivity index (χ1v) is 6.40. The Morgan fingerprint density at radius 1 is 0.684 bits per heavy atom. The Kier molecular flexibility index (Phi) is 2.88. The van der Waals surface area contributed by atoms with Crippen LogP contribution in [0.15, 0.2) is 85.0 Å². The Labute approximate surface area is 113 Å². The number of rotatable bonds is 2. The van der Waals surface area contributed by atoms with E-state index in [0.29, 0.717) is 5.71 Å². The predicted octanol–water partition coefficient (Wildman–Crippen LogP) is 4.12.